The lowest BCUT2D eigenvalue weighted by Crippen LogP contribution is -2.56. The van der Waals surface area contributed by atoms with Crippen molar-refractivity contribution >= 4 is 29.0 Å². The molecule has 4 atom stereocenters. The third-order valence-electron chi connectivity index (χ3n) is 7.57. The Morgan fingerprint density at radius 2 is 2.00 bits per heavy atom. The Hall–Kier alpha value is -4.19. The average Bonchev–Trinajstić information content (AvgIpc) is 3.58. The number of carbonyl (C=O) groups is 3. The summed E-state index contributed by atoms with van der Waals surface area (Å²) in [5.74, 6) is -0.969. The van der Waals surface area contributed by atoms with Gasteiger partial charge in [0.05, 0.1) is 25.7 Å². The summed E-state index contributed by atoms with van der Waals surface area (Å²) in [6, 6.07) is 12.1. The summed E-state index contributed by atoms with van der Waals surface area (Å²) in [7, 11) is 2.85. The summed E-state index contributed by atoms with van der Waals surface area (Å²) in [6.45, 7) is -0.250. The molecule has 2 aromatic carbocycles. The van der Waals surface area contributed by atoms with Crippen LogP contribution in [0.4, 0.5) is 0 Å². The molecule has 11 heteroatoms. The zero-order valence-corrected chi connectivity index (χ0v) is 22.8. The highest BCUT2D eigenvalue weighted by atomic mass is 16.5. The van der Waals surface area contributed by atoms with Crippen molar-refractivity contribution in [1.82, 2.24) is 15.2 Å². The summed E-state index contributed by atoms with van der Waals surface area (Å²) in [4.78, 5) is 43.3. The van der Waals surface area contributed by atoms with E-state index < -0.39 is 30.1 Å². The van der Waals surface area contributed by atoms with Crippen LogP contribution in [0.1, 0.15) is 27.5 Å². The minimum absolute atomic E-state index is 0.0128. The molecule has 1 aromatic heterocycles. The van der Waals surface area contributed by atoms with Gasteiger partial charge < -0.3 is 39.6 Å². The van der Waals surface area contributed by atoms with Gasteiger partial charge in [0, 0.05) is 54.5 Å². The van der Waals surface area contributed by atoms with Crippen molar-refractivity contribution in [2.75, 3.05) is 40.5 Å². The molecule has 2 aliphatic rings. The second-order valence-electron chi connectivity index (χ2n) is 10.1. The third kappa shape index (κ3) is 5.43. The first-order valence-corrected chi connectivity index (χ1v) is 13.4. The van der Waals surface area contributed by atoms with Crippen molar-refractivity contribution in [3.8, 4) is 11.5 Å². The molecule has 0 saturated heterocycles. The van der Waals surface area contributed by atoms with E-state index in [0.717, 1.165) is 16.6 Å². The summed E-state index contributed by atoms with van der Waals surface area (Å²) < 4.78 is 16.8. The van der Waals surface area contributed by atoms with E-state index in [9.17, 15) is 24.6 Å². The molecular weight excluding hydrogens is 530 g/mol. The molecule has 0 radical (unpaired) electrons. The third-order valence-corrected chi connectivity index (χ3v) is 7.57. The van der Waals surface area contributed by atoms with E-state index in [0.29, 0.717) is 35.3 Å². The van der Waals surface area contributed by atoms with Crippen LogP contribution in [0.2, 0.25) is 0 Å². The van der Waals surface area contributed by atoms with Gasteiger partial charge in [-0.3, -0.25) is 14.4 Å². The van der Waals surface area contributed by atoms with Gasteiger partial charge in [0.25, 0.3) is 0 Å². The fourth-order valence-corrected chi connectivity index (χ4v) is 5.71. The summed E-state index contributed by atoms with van der Waals surface area (Å²) in [5.41, 5.74) is 2.98. The van der Waals surface area contributed by atoms with Gasteiger partial charge in [-0.2, -0.15) is 0 Å². The van der Waals surface area contributed by atoms with Crippen molar-refractivity contribution in [2.24, 2.45) is 0 Å². The quantitative estimate of drug-likeness (QED) is 0.255. The molecule has 0 fully saturated rings. The number of aromatic amines is 1. The lowest BCUT2D eigenvalue weighted by atomic mass is 9.77. The molecule has 5 rings (SSSR count). The van der Waals surface area contributed by atoms with Gasteiger partial charge >= 0.3 is 0 Å². The zero-order chi connectivity index (χ0) is 29.1. The maximum absolute atomic E-state index is 13.4. The predicted molar refractivity (Wildman–Crippen MR) is 149 cm³/mol. The number of nitrogens with one attached hydrogen (secondary N) is 2. The van der Waals surface area contributed by atoms with Crippen LogP contribution in [-0.2, 0) is 20.7 Å². The number of methoxy groups -OCH3 is 2. The number of hydrogen-bond acceptors (Lipinski definition) is 8. The SMILES string of the molecule is COCC(=O)N(CCc1cc2ccccc2[nH]1)[C@@H]1C=C(C(=O)NCCO)[C@@H]2c3cc(C=O)cc(OC)c3O[C@@H]2[C@H]1O. The number of rotatable bonds is 11. The lowest BCUT2D eigenvalue weighted by molar-refractivity contribution is -0.141. The van der Waals surface area contributed by atoms with Crippen LogP contribution >= 0.6 is 0 Å². The molecule has 216 valence electrons. The van der Waals surface area contributed by atoms with Crippen LogP contribution in [0.5, 0.6) is 11.5 Å². The van der Waals surface area contributed by atoms with Crippen LogP contribution in [0.15, 0.2) is 54.1 Å². The zero-order valence-electron chi connectivity index (χ0n) is 22.8. The van der Waals surface area contributed by atoms with E-state index in [1.54, 1.807) is 12.1 Å². The highest BCUT2D eigenvalue weighted by Gasteiger charge is 2.51. The lowest BCUT2D eigenvalue weighted by Gasteiger charge is -2.40. The second kappa shape index (κ2) is 12.1. The largest absolute Gasteiger partial charge is 0.493 e. The Bertz CT molecular complexity index is 1450. The number of ether oxygens (including phenoxy) is 3. The molecule has 41 heavy (non-hydrogen) atoms. The number of para-hydroxylation sites is 1. The van der Waals surface area contributed by atoms with Crippen molar-refractivity contribution in [3.05, 3.63) is 70.9 Å². The number of aliphatic hydroxyl groups excluding tert-OH is 2. The smallest absolute Gasteiger partial charge is 0.249 e. The highest BCUT2D eigenvalue weighted by Crippen LogP contribution is 2.51. The van der Waals surface area contributed by atoms with Crippen LogP contribution in [0.3, 0.4) is 0 Å². The number of fused-ring (bicyclic) bond motifs is 4. The average molecular weight is 564 g/mol. The Balaban J connectivity index is 1.53. The molecule has 1 aliphatic heterocycles. The number of aldehydes is 1. The molecule has 1 aliphatic carbocycles. The van der Waals surface area contributed by atoms with E-state index in [-0.39, 0.29) is 37.8 Å². The van der Waals surface area contributed by atoms with Gasteiger partial charge in [0.15, 0.2) is 11.5 Å². The monoisotopic (exact) mass is 563 g/mol. The second-order valence-corrected chi connectivity index (χ2v) is 10.1. The van der Waals surface area contributed by atoms with Crippen molar-refractivity contribution < 1.29 is 38.8 Å². The maximum Gasteiger partial charge on any atom is 0.249 e. The number of hydrogen-bond donors (Lipinski definition) is 4. The molecule has 2 heterocycles. The molecule has 3 aromatic rings. The number of amides is 2. The van der Waals surface area contributed by atoms with Crippen LogP contribution in [0.25, 0.3) is 10.9 Å². The summed E-state index contributed by atoms with van der Waals surface area (Å²) in [5, 5.41) is 24.7. The van der Waals surface area contributed by atoms with Gasteiger partial charge in [0.2, 0.25) is 11.8 Å². The van der Waals surface area contributed by atoms with Crippen molar-refractivity contribution in [1.29, 1.82) is 0 Å². The van der Waals surface area contributed by atoms with E-state index in [1.807, 2.05) is 30.3 Å². The van der Waals surface area contributed by atoms with E-state index in [2.05, 4.69) is 10.3 Å². The molecule has 4 N–H and O–H groups in total. The molecule has 11 nitrogen and oxygen atoms in total. The first-order chi connectivity index (χ1) is 19.9. The number of benzene rings is 2. The van der Waals surface area contributed by atoms with Crippen LogP contribution in [0, 0.1) is 0 Å². The van der Waals surface area contributed by atoms with Gasteiger partial charge in [-0.05, 0) is 35.7 Å². The standard InChI is InChI=1S/C30H33N3O8/c1-39-16-25(36)33(9-7-19-13-18-5-3-4-6-22(18)32-19)23-14-21(30(38)31-8-10-34)26-20-11-17(15-35)12-24(40-2)28(20)41-29(26)27(23)37/h3-6,11-15,23,26-27,29,32,34,37H,7-10,16H2,1-2H3,(H,31,38)/t23-,26+,27+,29+/m1/s1. The molecule has 0 saturated carbocycles. The maximum atomic E-state index is 13.4. The van der Waals surface area contributed by atoms with Gasteiger partial charge in [0.1, 0.15) is 25.1 Å². The van der Waals surface area contributed by atoms with Crippen molar-refractivity contribution in [2.45, 2.75) is 30.6 Å². The number of nitrogens with zero attached hydrogens (tertiary/aromatic N) is 1. The normalized spacial score (nSPS) is 20.9. The molecular formula is C30H33N3O8. The van der Waals surface area contributed by atoms with Gasteiger partial charge in [-0.15, -0.1) is 0 Å². The fourth-order valence-electron chi connectivity index (χ4n) is 5.71. The Kier molecular flexibility index (Phi) is 8.39. The minimum atomic E-state index is -1.23. The van der Waals surface area contributed by atoms with Crippen LogP contribution in [-0.4, -0.2) is 97.0 Å². The van der Waals surface area contributed by atoms with E-state index in [1.165, 1.54) is 25.2 Å². The molecule has 0 unspecified atom stereocenters. The number of aliphatic hydroxyl groups is 2. The molecule has 0 bridgehead atoms. The number of aromatic nitrogens is 1. The van der Waals surface area contributed by atoms with Crippen molar-refractivity contribution in [3.63, 3.8) is 0 Å². The van der Waals surface area contributed by atoms with Crippen LogP contribution < -0.4 is 14.8 Å². The first kappa shape index (κ1) is 28.3. The van der Waals surface area contributed by atoms with Gasteiger partial charge in [-0.1, -0.05) is 18.2 Å². The molecule has 2 amide bonds. The summed E-state index contributed by atoms with van der Waals surface area (Å²) in [6.07, 6.45) is 0.531. The fraction of sp³-hybridized carbons (Fsp3) is 0.367. The van der Waals surface area contributed by atoms with E-state index >= 15 is 0 Å². The summed E-state index contributed by atoms with van der Waals surface area (Å²) >= 11 is 0. The number of carbonyl (C=O) groups excluding carboxylic acids is 3. The Labute approximate surface area is 236 Å². The van der Waals surface area contributed by atoms with Gasteiger partial charge in [-0.25, -0.2) is 0 Å². The Morgan fingerprint density at radius 3 is 2.71 bits per heavy atom. The topological polar surface area (TPSA) is 150 Å². The highest BCUT2D eigenvalue weighted by molar-refractivity contribution is 5.96. The molecule has 0 spiro atoms. The Morgan fingerprint density at radius 1 is 1.20 bits per heavy atom. The first-order valence-electron chi connectivity index (χ1n) is 13.4. The van der Waals surface area contributed by atoms with E-state index in [4.69, 9.17) is 14.2 Å². The minimum Gasteiger partial charge on any atom is -0.493 e. The number of H-pyrrole nitrogens is 1. The predicted octanol–water partition coefficient (Wildman–Crippen LogP) is 1.33.